The van der Waals surface area contributed by atoms with Crippen molar-refractivity contribution in [3.8, 4) is 0 Å². The largest absolute Gasteiger partial charge is 0.465 e. The Labute approximate surface area is 139 Å². The lowest BCUT2D eigenvalue weighted by Gasteiger charge is -2.33. The maximum Gasteiger partial charge on any atom is 0.407 e. The van der Waals surface area contributed by atoms with Crippen LogP contribution in [0.4, 0.5) is 4.79 Å². The molecule has 0 unspecified atom stereocenters. The number of unbranched alkanes of at least 4 members (excludes halogenated alkanes) is 3. The smallest absolute Gasteiger partial charge is 0.407 e. The fourth-order valence-corrected chi connectivity index (χ4v) is 2.58. The van der Waals surface area contributed by atoms with Crippen LogP contribution in [0.5, 0.6) is 0 Å². The Hall–Kier alpha value is -1.84. The maximum absolute atomic E-state index is 11.9. The van der Waals surface area contributed by atoms with Crippen molar-refractivity contribution in [2.24, 2.45) is 0 Å². The molecule has 0 aliphatic rings. The van der Waals surface area contributed by atoms with Crippen LogP contribution in [0.1, 0.15) is 58.4 Å². The van der Waals surface area contributed by atoms with Gasteiger partial charge in [0.2, 0.25) is 0 Å². The number of hydrogen-bond acceptors (Lipinski definition) is 2. The second-order valence-corrected chi connectivity index (χ2v) is 6.97. The molecular formula is C19H29NO3. The van der Waals surface area contributed by atoms with E-state index in [1.165, 1.54) is 4.90 Å². The van der Waals surface area contributed by atoms with Crippen LogP contribution in [-0.4, -0.2) is 34.0 Å². The van der Waals surface area contributed by atoms with Crippen LogP contribution in [0, 0.1) is 0 Å². The lowest BCUT2D eigenvalue weighted by Crippen LogP contribution is -2.45. The maximum atomic E-state index is 11.9. The molecule has 0 bridgehead atoms. The normalized spacial score (nSPS) is 11.3. The van der Waals surface area contributed by atoms with Gasteiger partial charge in [0.25, 0.3) is 0 Å². The summed E-state index contributed by atoms with van der Waals surface area (Å²) in [5, 5.41) is 9.21. The van der Waals surface area contributed by atoms with Crippen molar-refractivity contribution in [3.05, 3.63) is 35.9 Å². The highest BCUT2D eigenvalue weighted by molar-refractivity contribution is 5.80. The highest BCUT2D eigenvalue weighted by Gasteiger charge is 2.25. The van der Waals surface area contributed by atoms with Gasteiger partial charge in [-0.1, -0.05) is 43.2 Å². The number of Topliss-reactive ketones (excluding diaryl/α,β-unsaturated/α-hetero) is 1. The van der Waals surface area contributed by atoms with Gasteiger partial charge in [0.05, 0.1) is 0 Å². The molecule has 0 heterocycles. The zero-order valence-electron chi connectivity index (χ0n) is 14.5. The third-order valence-electron chi connectivity index (χ3n) is 3.87. The van der Waals surface area contributed by atoms with Crippen molar-refractivity contribution in [3.63, 3.8) is 0 Å². The summed E-state index contributed by atoms with van der Waals surface area (Å²) in [6.45, 7) is 6.27. The van der Waals surface area contributed by atoms with Gasteiger partial charge in [0, 0.05) is 24.9 Å². The molecular weight excluding hydrogens is 290 g/mol. The van der Waals surface area contributed by atoms with Gasteiger partial charge in [-0.15, -0.1) is 0 Å². The average Bonchev–Trinajstić information content (AvgIpc) is 2.45. The predicted molar refractivity (Wildman–Crippen MR) is 92.7 cm³/mol. The number of carbonyl (C=O) groups is 2. The number of carboxylic acid groups (broad SMARTS) is 1. The van der Waals surface area contributed by atoms with Gasteiger partial charge in [-0.05, 0) is 39.2 Å². The molecule has 1 amide bonds. The second kappa shape index (κ2) is 9.33. The molecule has 0 spiro atoms. The van der Waals surface area contributed by atoms with Crippen LogP contribution in [0.2, 0.25) is 0 Å². The van der Waals surface area contributed by atoms with E-state index in [1.54, 1.807) is 0 Å². The summed E-state index contributed by atoms with van der Waals surface area (Å²) >= 11 is 0. The Morgan fingerprint density at radius 1 is 1.00 bits per heavy atom. The molecule has 0 atom stereocenters. The Morgan fingerprint density at radius 2 is 1.61 bits per heavy atom. The third-order valence-corrected chi connectivity index (χ3v) is 3.87. The number of carbonyl (C=O) groups excluding carboxylic acids is 1. The number of benzene rings is 1. The summed E-state index contributed by atoms with van der Waals surface area (Å²) in [6, 6.07) is 9.81. The lowest BCUT2D eigenvalue weighted by atomic mass is 10.0. The van der Waals surface area contributed by atoms with Crippen molar-refractivity contribution >= 4 is 11.9 Å². The first-order valence-corrected chi connectivity index (χ1v) is 8.37. The van der Waals surface area contributed by atoms with Gasteiger partial charge >= 0.3 is 6.09 Å². The molecule has 0 aromatic heterocycles. The molecule has 0 fully saturated rings. The van der Waals surface area contributed by atoms with Crippen LogP contribution in [0.3, 0.4) is 0 Å². The van der Waals surface area contributed by atoms with Crippen molar-refractivity contribution in [2.75, 3.05) is 6.54 Å². The topological polar surface area (TPSA) is 57.6 Å². The minimum atomic E-state index is -0.865. The molecule has 0 aliphatic carbocycles. The Kier molecular flexibility index (Phi) is 7.79. The summed E-state index contributed by atoms with van der Waals surface area (Å²) in [5.74, 6) is 0.276. The molecule has 1 aromatic rings. The third kappa shape index (κ3) is 7.82. The standard InChI is InChI=1S/C19H29NO3/c1-19(2,3)20(18(22)23)14-10-5-4-9-13-17(21)15-16-11-7-6-8-12-16/h6-8,11-12H,4-5,9-10,13-15H2,1-3H3,(H,22,23). The van der Waals surface area contributed by atoms with Gasteiger partial charge in [0.1, 0.15) is 5.78 Å². The SMILES string of the molecule is CC(C)(C)N(CCCCCCC(=O)Cc1ccccc1)C(=O)O. The minimum absolute atomic E-state index is 0.276. The lowest BCUT2D eigenvalue weighted by molar-refractivity contribution is -0.118. The van der Waals surface area contributed by atoms with Crippen LogP contribution in [-0.2, 0) is 11.2 Å². The highest BCUT2D eigenvalue weighted by atomic mass is 16.4. The molecule has 1 aromatic carbocycles. The van der Waals surface area contributed by atoms with E-state index >= 15 is 0 Å². The van der Waals surface area contributed by atoms with E-state index in [4.69, 9.17) is 0 Å². The molecule has 23 heavy (non-hydrogen) atoms. The van der Waals surface area contributed by atoms with Gasteiger partial charge in [0.15, 0.2) is 0 Å². The predicted octanol–water partition coefficient (Wildman–Crippen LogP) is 4.53. The van der Waals surface area contributed by atoms with E-state index in [0.29, 0.717) is 19.4 Å². The molecule has 1 rings (SSSR count). The summed E-state index contributed by atoms with van der Waals surface area (Å²) in [4.78, 5) is 24.6. The number of hydrogen-bond donors (Lipinski definition) is 1. The molecule has 0 saturated heterocycles. The number of amides is 1. The van der Waals surface area contributed by atoms with Gasteiger partial charge in [-0.2, -0.15) is 0 Å². The Balaban J connectivity index is 2.15. The van der Waals surface area contributed by atoms with E-state index in [0.717, 1.165) is 31.2 Å². The first kappa shape index (κ1) is 19.2. The zero-order chi connectivity index (χ0) is 17.3. The first-order valence-electron chi connectivity index (χ1n) is 8.37. The van der Waals surface area contributed by atoms with Gasteiger partial charge in [-0.25, -0.2) is 4.79 Å². The average molecular weight is 319 g/mol. The van der Waals surface area contributed by atoms with E-state index in [1.807, 2.05) is 51.1 Å². The molecule has 0 saturated carbocycles. The van der Waals surface area contributed by atoms with Crippen LogP contribution < -0.4 is 0 Å². The molecule has 4 nitrogen and oxygen atoms in total. The second-order valence-electron chi connectivity index (χ2n) is 6.97. The Morgan fingerprint density at radius 3 is 2.17 bits per heavy atom. The zero-order valence-corrected chi connectivity index (χ0v) is 14.5. The fourth-order valence-electron chi connectivity index (χ4n) is 2.58. The molecule has 4 heteroatoms. The quantitative estimate of drug-likeness (QED) is 0.680. The summed E-state index contributed by atoms with van der Waals surface area (Å²) in [7, 11) is 0. The van der Waals surface area contributed by atoms with Crippen LogP contribution in [0.25, 0.3) is 0 Å². The summed E-state index contributed by atoms with van der Waals surface area (Å²) < 4.78 is 0. The number of ketones is 1. The summed E-state index contributed by atoms with van der Waals surface area (Å²) in [6.07, 6.45) is 3.91. The van der Waals surface area contributed by atoms with Crippen molar-refractivity contribution < 1.29 is 14.7 Å². The molecule has 0 aliphatic heterocycles. The summed E-state index contributed by atoms with van der Waals surface area (Å²) in [5.41, 5.74) is 0.706. The highest BCUT2D eigenvalue weighted by Crippen LogP contribution is 2.15. The van der Waals surface area contributed by atoms with Crippen LogP contribution in [0.15, 0.2) is 30.3 Å². The van der Waals surface area contributed by atoms with E-state index in [9.17, 15) is 14.7 Å². The van der Waals surface area contributed by atoms with Crippen molar-refractivity contribution in [1.29, 1.82) is 0 Å². The van der Waals surface area contributed by atoms with E-state index in [-0.39, 0.29) is 11.3 Å². The Bertz CT molecular complexity index is 491. The van der Waals surface area contributed by atoms with Crippen molar-refractivity contribution in [2.45, 2.75) is 64.8 Å². The van der Waals surface area contributed by atoms with Crippen LogP contribution >= 0.6 is 0 Å². The fraction of sp³-hybridized carbons (Fsp3) is 0.579. The first-order chi connectivity index (χ1) is 10.8. The van der Waals surface area contributed by atoms with Gasteiger partial charge in [-0.3, -0.25) is 4.79 Å². The van der Waals surface area contributed by atoms with Gasteiger partial charge < -0.3 is 10.0 Å². The molecule has 0 radical (unpaired) electrons. The molecule has 1 N–H and O–H groups in total. The molecule has 128 valence electrons. The monoisotopic (exact) mass is 319 g/mol. The number of nitrogens with zero attached hydrogens (tertiary/aromatic N) is 1. The van der Waals surface area contributed by atoms with E-state index < -0.39 is 6.09 Å². The minimum Gasteiger partial charge on any atom is -0.465 e. The van der Waals surface area contributed by atoms with E-state index in [2.05, 4.69) is 0 Å². The van der Waals surface area contributed by atoms with Crippen molar-refractivity contribution in [1.82, 2.24) is 4.90 Å². The number of rotatable bonds is 9.